The molecule has 0 radical (unpaired) electrons. The van der Waals surface area contributed by atoms with Crippen LogP contribution in [0.5, 0.6) is 5.75 Å². The van der Waals surface area contributed by atoms with Crippen molar-refractivity contribution in [3.8, 4) is 11.4 Å². The van der Waals surface area contributed by atoms with Gasteiger partial charge in [-0.3, -0.25) is 14.9 Å². The van der Waals surface area contributed by atoms with E-state index in [2.05, 4.69) is 21.2 Å². The van der Waals surface area contributed by atoms with Gasteiger partial charge >= 0.3 is 6.03 Å². The third-order valence-corrected chi connectivity index (χ3v) is 6.43. The van der Waals surface area contributed by atoms with Gasteiger partial charge in [0.25, 0.3) is 11.8 Å². The summed E-state index contributed by atoms with van der Waals surface area (Å²) in [5.41, 5.74) is 3.64. The summed E-state index contributed by atoms with van der Waals surface area (Å²) in [5.74, 6) is -0.803. The normalized spacial score (nSPS) is 15.2. The molecular formula is C25H22BrN3O4. The van der Waals surface area contributed by atoms with E-state index in [-0.39, 0.29) is 5.57 Å². The van der Waals surface area contributed by atoms with E-state index in [9.17, 15) is 14.4 Å². The Morgan fingerprint density at radius 3 is 2.24 bits per heavy atom. The van der Waals surface area contributed by atoms with Crippen LogP contribution < -0.4 is 15.0 Å². The second kappa shape index (κ2) is 9.07. The fourth-order valence-corrected chi connectivity index (χ4v) is 4.43. The highest BCUT2D eigenvalue weighted by Crippen LogP contribution is 2.33. The molecule has 1 saturated heterocycles. The molecule has 0 unspecified atom stereocenters. The third-order valence-electron chi connectivity index (χ3n) is 5.43. The van der Waals surface area contributed by atoms with Crippen molar-refractivity contribution in [3.05, 3.63) is 81.6 Å². The first-order valence-corrected chi connectivity index (χ1v) is 11.2. The van der Waals surface area contributed by atoms with Crippen LogP contribution in [-0.2, 0) is 9.59 Å². The number of aromatic nitrogens is 1. The lowest BCUT2D eigenvalue weighted by Gasteiger charge is -2.26. The number of carbonyl (C=O) groups is 3. The molecule has 1 aliphatic rings. The van der Waals surface area contributed by atoms with Crippen molar-refractivity contribution in [1.29, 1.82) is 0 Å². The van der Waals surface area contributed by atoms with E-state index in [1.807, 2.05) is 55.7 Å². The van der Waals surface area contributed by atoms with Gasteiger partial charge in [-0.15, -0.1) is 0 Å². The molecule has 4 amide bonds. The third kappa shape index (κ3) is 4.09. The molecule has 2 heterocycles. The van der Waals surface area contributed by atoms with Crippen molar-refractivity contribution in [3.63, 3.8) is 0 Å². The first kappa shape index (κ1) is 22.5. The van der Waals surface area contributed by atoms with Gasteiger partial charge in [-0.05, 0) is 79.2 Å². The topological polar surface area (TPSA) is 80.6 Å². The number of ether oxygens (including phenoxy) is 1. The van der Waals surface area contributed by atoms with Gasteiger partial charge in [0.15, 0.2) is 0 Å². The number of halogens is 1. The Kier molecular flexibility index (Phi) is 6.20. The van der Waals surface area contributed by atoms with Crippen molar-refractivity contribution < 1.29 is 19.1 Å². The molecule has 1 N–H and O–H groups in total. The molecule has 0 bridgehead atoms. The number of anilines is 1. The van der Waals surface area contributed by atoms with Gasteiger partial charge in [0.05, 0.1) is 12.3 Å². The average Bonchev–Trinajstić information content (AvgIpc) is 3.01. The van der Waals surface area contributed by atoms with Crippen LogP contribution in [0.1, 0.15) is 23.9 Å². The molecular weight excluding hydrogens is 486 g/mol. The molecule has 0 atom stereocenters. The fraction of sp³-hybridized carbons (Fsp3) is 0.160. The summed E-state index contributed by atoms with van der Waals surface area (Å²) in [7, 11) is 0. The van der Waals surface area contributed by atoms with Gasteiger partial charge in [0, 0.05) is 27.1 Å². The number of benzene rings is 2. The molecule has 7 nitrogen and oxygen atoms in total. The van der Waals surface area contributed by atoms with Gasteiger partial charge in [-0.2, -0.15) is 0 Å². The minimum absolute atomic E-state index is 0.127. The number of amides is 4. The monoisotopic (exact) mass is 507 g/mol. The van der Waals surface area contributed by atoms with Crippen LogP contribution in [0.15, 0.2) is 64.6 Å². The zero-order valence-electron chi connectivity index (χ0n) is 18.4. The lowest BCUT2D eigenvalue weighted by atomic mass is 10.1. The van der Waals surface area contributed by atoms with Crippen LogP contribution in [0.25, 0.3) is 11.8 Å². The summed E-state index contributed by atoms with van der Waals surface area (Å²) >= 11 is 3.61. The van der Waals surface area contributed by atoms with Crippen molar-refractivity contribution in [1.82, 2.24) is 9.88 Å². The number of para-hydroxylation sites is 1. The van der Waals surface area contributed by atoms with Gasteiger partial charge in [0.1, 0.15) is 11.3 Å². The zero-order chi connectivity index (χ0) is 23.7. The maximum atomic E-state index is 13.3. The number of barbiturate groups is 1. The van der Waals surface area contributed by atoms with Crippen molar-refractivity contribution in [2.75, 3.05) is 11.5 Å². The predicted molar refractivity (Wildman–Crippen MR) is 130 cm³/mol. The molecule has 2 aromatic carbocycles. The zero-order valence-corrected chi connectivity index (χ0v) is 20.0. The van der Waals surface area contributed by atoms with Crippen molar-refractivity contribution >= 4 is 45.5 Å². The number of hydrogen-bond donors (Lipinski definition) is 1. The Morgan fingerprint density at radius 1 is 0.939 bits per heavy atom. The average molecular weight is 508 g/mol. The highest BCUT2D eigenvalue weighted by Gasteiger charge is 2.37. The van der Waals surface area contributed by atoms with Crippen LogP contribution in [0, 0.1) is 13.8 Å². The standard InChI is InChI=1S/C25H22BrN3O4/c1-4-33-19-12-10-18(11-13-19)29-24(31)21(23(30)27-25(29)32)14-20-15(2)28(16(3)22(20)26)17-8-6-5-7-9-17/h5-14H,4H2,1-3H3,(H,27,30,32)/b21-14+. The minimum atomic E-state index is -0.792. The Hall–Kier alpha value is -3.65. The van der Waals surface area contributed by atoms with Gasteiger partial charge in [-0.25, -0.2) is 9.69 Å². The van der Waals surface area contributed by atoms with E-state index < -0.39 is 17.8 Å². The van der Waals surface area contributed by atoms with E-state index in [1.54, 1.807) is 24.3 Å². The SMILES string of the molecule is CCOc1ccc(N2C(=O)NC(=O)/C(=C\c3c(Br)c(C)n(-c4ccccc4)c3C)C2=O)cc1. The summed E-state index contributed by atoms with van der Waals surface area (Å²) < 4.78 is 8.22. The summed E-state index contributed by atoms with van der Waals surface area (Å²) in [6.07, 6.45) is 1.53. The lowest BCUT2D eigenvalue weighted by Crippen LogP contribution is -2.54. The number of nitrogens with one attached hydrogen (secondary N) is 1. The first-order valence-electron chi connectivity index (χ1n) is 10.4. The molecule has 0 aliphatic carbocycles. The van der Waals surface area contributed by atoms with Crippen molar-refractivity contribution in [2.45, 2.75) is 20.8 Å². The molecule has 8 heteroatoms. The van der Waals surface area contributed by atoms with Crippen LogP contribution in [0.2, 0.25) is 0 Å². The maximum absolute atomic E-state index is 13.3. The molecule has 3 aromatic rings. The van der Waals surface area contributed by atoms with E-state index >= 15 is 0 Å². The summed E-state index contributed by atoms with van der Waals surface area (Å²) in [6, 6.07) is 15.5. The second-order valence-electron chi connectivity index (χ2n) is 7.45. The Labute approximate surface area is 199 Å². The molecule has 1 fully saturated rings. The number of urea groups is 1. The summed E-state index contributed by atoms with van der Waals surface area (Å²) in [4.78, 5) is 39.4. The van der Waals surface area contributed by atoms with E-state index in [4.69, 9.17) is 4.74 Å². The number of rotatable bonds is 5. The quantitative estimate of drug-likeness (QED) is 0.392. The molecule has 4 rings (SSSR count). The Morgan fingerprint density at radius 2 is 1.61 bits per heavy atom. The van der Waals surface area contributed by atoms with Crippen LogP contribution in [0.3, 0.4) is 0 Å². The summed E-state index contributed by atoms with van der Waals surface area (Å²) in [5, 5.41) is 2.27. The number of imide groups is 2. The molecule has 33 heavy (non-hydrogen) atoms. The number of hydrogen-bond acceptors (Lipinski definition) is 4. The predicted octanol–water partition coefficient (Wildman–Crippen LogP) is 4.92. The van der Waals surface area contributed by atoms with E-state index in [0.717, 1.165) is 26.4 Å². The fourth-order valence-electron chi connectivity index (χ4n) is 3.85. The van der Waals surface area contributed by atoms with Crippen LogP contribution >= 0.6 is 15.9 Å². The summed E-state index contributed by atoms with van der Waals surface area (Å²) in [6.45, 7) is 6.23. The second-order valence-corrected chi connectivity index (χ2v) is 8.25. The number of nitrogens with zero attached hydrogens (tertiary/aromatic N) is 2. The lowest BCUT2D eigenvalue weighted by molar-refractivity contribution is -0.122. The highest BCUT2D eigenvalue weighted by molar-refractivity contribution is 9.10. The number of carbonyl (C=O) groups excluding carboxylic acids is 3. The largest absolute Gasteiger partial charge is 0.494 e. The minimum Gasteiger partial charge on any atom is -0.494 e. The molecule has 168 valence electrons. The van der Waals surface area contributed by atoms with Crippen molar-refractivity contribution in [2.24, 2.45) is 0 Å². The molecule has 0 spiro atoms. The first-order chi connectivity index (χ1) is 15.8. The van der Waals surface area contributed by atoms with Gasteiger partial charge in [-0.1, -0.05) is 18.2 Å². The van der Waals surface area contributed by atoms with Gasteiger partial charge in [0.2, 0.25) is 0 Å². The Balaban J connectivity index is 1.76. The Bertz CT molecular complexity index is 1280. The van der Waals surface area contributed by atoms with Gasteiger partial charge < -0.3 is 9.30 Å². The van der Waals surface area contributed by atoms with E-state index in [0.29, 0.717) is 23.6 Å². The van der Waals surface area contributed by atoms with Crippen LogP contribution in [-0.4, -0.2) is 29.0 Å². The molecule has 1 aromatic heterocycles. The smallest absolute Gasteiger partial charge is 0.335 e. The van der Waals surface area contributed by atoms with Crippen LogP contribution in [0.4, 0.5) is 10.5 Å². The molecule has 1 aliphatic heterocycles. The maximum Gasteiger partial charge on any atom is 0.335 e. The highest BCUT2D eigenvalue weighted by atomic mass is 79.9. The van der Waals surface area contributed by atoms with E-state index in [1.165, 1.54) is 6.08 Å². The molecule has 0 saturated carbocycles.